The molecule has 0 saturated carbocycles. The predicted octanol–water partition coefficient (Wildman–Crippen LogP) is 0.928. The van der Waals surface area contributed by atoms with Crippen LogP contribution in [-0.2, 0) is 4.79 Å². The molecule has 1 aromatic heterocycles. The summed E-state index contributed by atoms with van der Waals surface area (Å²) in [5.41, 5.74) is 7.33. The highest BCUT2D eigenvalue weighted by Crippen LogP contribution is 2.28. The fourth-order valence-electron chi connectivity index (χ4n) is 3.04. The zero-order valence-electron chi connectivity index (χ0n) is 12.2. The molecular formula is C15H24N4O. The Morgan fingerprint density at radius 1 is 1.50 bits per heavy atom. The van der Waals surface area contributed by atoms with Crippen molar-refractivity contribution in [1.82, 2.24) is 15.2 Å². The Morgan fingerprint density at radius 3 is 2.70 bits per heavy atom. The quantitative estimate of drug-likeness (QED) is 0.858. The maximum Gasteiger partial charge on any atom is 0.222 e. The summed E-state index contributed by atoms with van der Waals surface area (Å²) in [6.45, 7) is 3.83. The lowest BCUT2D eigenvalue weighted by atomic mass is 9.92. The van der Waals surface area contributed by atoms with E-state index in [2.05, 4.69) is 21.3 Å². The second-order valence-corrected chi connectivity index (χ2v) is 5.51. The fraction of sp³-hybridized carbons (Fsp3) is 0.600. The van der Waals surface area contributed by atoms with Gasteiger partial charge in [-0.25, -0.2) is 0 Å². The van der Waals surface area contributed by atoms with Gasteiger partial charge in [-0.15, -0.1) is 0 Å². The summed E-state index contributed by atoms with van der Waals surface area (Å²) in [5, 5.41) is 2.74. The zero-order chi connectivity index (χ0) is 14.5. The molecule has 0 aliphatic carbocycles. The molecule has 5 nitrogen and oxygen atoms in total. The van der Waals surface area contributed by atoms with Crippen molar-refractivity contribution in [2.75, 3.05) is 20.1 Å². The van der Waals surface area contributed by atoms with Gasteiger partial charge in [0.25, 0.3) is 0 Å². The predicted molar refractivity (Wildman–Crippen MR) is 79.0 cm³/mol. The minimum Gasteiger partial charge on any atom is -0.359 e. The molecule has 0 radical (unpaired) electrons. The first kappa shape index (κ1) is 14.9. The number of nitrogens with two attached hydrogens (primary N) is 1. The molecule has 3 N–H and O–H groups in total. The van der Waals surface area contributed by atoms with Crippen LogP contribution in [0.5, 0.6) is 0 Å². The Morgan fingerprint density at radius 2 is 2.20 bits per heavy atom. The van der Waals surface area contributed by atoms with E-state index in [1.165, 1.54) is 0 Å². The van der Waals surface area contributed by atoms with E-state index >= 15 is 0 Å². The van der Waals surface area contributed by atoms with E-state index in [0.717, 1.165) is 31.5 Å². The van der Waals surface area contributed by atoms with Gasteiger partial charge in [-0.2, -0.15) is 0 Å². The summed E-state index contributed by atoms with van der Waals surface area (Å²) < 4.78 is 0. The lowest BCUT2D eigenvalue weighted by Crippen LogP contribution is -2.45. The Kier molecular flexibility index (Phi) is 5.09. The van der Waals surface area contributed by atoms with Gasteiger partial charge >= 0.3 is 0 Å². The van der Waals surface area contributed by atoms with Crippen molar-refractivity contribution < 1.29 is 4.79 Å². The number of amides is 1. The van der Waals surface area contributed by atoms with Crippen molar-refractivity contribution >= 4 is 5.91 Å². The fourth-order valence-corrected chi connectivity index (χ4v) is 3.04. The molecule has 0 spiro atoms. The first-order chi connectivity index (χ1) is 9.63. The van der Waals surface area contributed by atoms with E-state index in [-0.39, 0.29) is 23.9 Å². The van der Waals surface area contributed by atoms with Gasteiger partial charge in [0.15, 0.2) is 0 Å². The molecule has 1 aliphatic rings. The number of pyridine rings is 1. The van der Waals surface area contributed by atoms with Crippen LogP contribution in [0.2, 0.25) is 0 Å². The first-order valence-corrected chi connectivity index (χ1v) is 7.24. The monoisotopic (exact) mass is 276 g/mol. The Hall–Kier alpha value is -1.46. The van der Waals surface area contributed by atoms with Crippen molar-refractivity contribution in [2.24, 2.45) is 11.7 Å². The SMILES string of the molecule is CNC(=O)C1CCN(C(c2cccnc2)C(C)N)CC1. The van der Waals surface area contributed by atoms with Crippen LogP contribution in [0.1, 0.15) is 31.4 Å². The van der Waals surface area contributed by atoms with E-state index in [4.69, 9.17) is 5.73 Å². The second-order valence-electron chi connectivity index (χ2n) is 5.51. The number of piperidine rings is 1. The van der Waals surface area contributed by atoms with E-state index in [0.29, 0.717) is 0 Å². The molecule has 1 saturated heterocycles. The smallest absolute Gasteiger partial charge is 0.222 e. The highest BCUT2D eigenvalue weighted by Gasteiger charge is 2.30. The number of hydrogen-bond donors (Lipinski definition) is 2. The standard InChI is InChI=1S/C15H24N4O/c1-11(16)14(13-4-3-7-18-10-13)19-8-5-12(6-9-19)15(20)17-2/h3-4,7,10-12,14H,5-6,8-9,16H2,1-2H3,(H,17,20). The normalized spacial score (nSPS) is 20.4. The molecule has 110 valence electrons. The van der Waals surface area contributed by atoms with Gasteiger partial charge in [0, 0.05) is 31.4 Å². The minimum atomic E-state index is 0.0377. The topological polar surface area (TPSA) is 71.2 Å². The number of carbonyl (C=O) groups excluding carboxylic acids is 1. The van der Waals surface area contributed by atoms with Crippen LogP contribution >= 0.6 is 0 Å². The molecule has 2 unspecified atom stereocenters. The summed E-state index contributed by atoms with van der Waals surface area (Å²) in [6.07, 6.45) is 5.45. The van der Waals surface area contributed by atoms with Crippen molar-refractivity contribution in [3.63, 3.8) is 0 Å². The zero-order valence-corrected chi connectivity index (χ0v) is 12.2. The second kappa shape index (κ2) is 6.81. The summed E-state index contributed by atoms with van der Waals surface area (Å²) >= 11 is 0. The van der Waals surface area contributed by atoms with E-state index in [1.807, 2.05) is 19.2 Å². The molecule has 1 fully saturated rings. The lowest BCUT2D eigenvalue weighted by Gasteiger charge is -2.39. The highest BCUT2D eigenvalue weighted by atomic mass is 16.1. The first-order valence-electron chi connectivity index (χ1n) is 7.24. The van der Waals surface area contributed by atoms with Crippen molar-refractivity contribution in [1.29, 1.82) is 0 Å². The Balaban J connectivity index is 2.05. The third-order valence-corrected chi connectivity index (χ3v) is 4.06. The van der Waals surface area contributed by atoms with Gasteiger partial charge in [0.05, 0.1) is 6.04 Å². The van der Waals surface area contributed by atoms with E-state index < -0.39 is 0 Å². The molecule has 2 heterocycles. The molecule has 0 aromatic carbocycles. The van der Waals surface area contributed by atoms with Crippen molar-refractivity contribution in [2.45, 2.75) is 31.8 Å². The van der Waals surface area contributed by atoms with Crippen LogP contribution in [0.4, 0.5) is 0 Å². The molecule has 1 aromatic rings. The van der Waals surface area contributed by atoms with Gasteiger partial charge in [0.1, 0.15) is 0 Å². The van der Waals surface area contributed by atoms with Crippen molar-refractivity contribution in [3.05, 3.63) is 30.1 Å². The van der Waals surface area contributed by atoms with Crippen LogP contribution in [0.25, 0.3) is 0 Å². The average Bonchev–Trinajstić information content (AvgIpc) is 2.48. The molecule has 20 heavy (non-hydrogen) atoms. The number of carbonyl (C=O) groups is 1. The maximum atomic E-state index is 11.7. The van der Waals surface area contributed by atoms with E-state index in [9.17, 15) is 4.79 Å². The maximum absolute atomic E-state index is 11.7. The average molecular weight is 276 g/mol. The molecule has 1 aliphatic heterocycles. The molecule has 0 bridgehead atoms. The van der Waals surface area contributed by atoms with Gasteiger partial charge in [-0.3, -0.25) is 14.7 Å². The molecule has 1 amide bonds. The third-order valence-electron chi connectivity index (χ3n) is 4.06. The number of nitrogens with one attached hydrogen (secondary N) is 1. The van der Waals surface area contributed by atoms with Crippen LogP contribution in [0.3, 0.4) is 0 Å². The minimum absolute atomic E-state index is 0.0377. The lowest BCUT2D eigenvalue weighted by molar-refractivity contribution is -0.126. The number of aromatic nitrogens is 1. The van der Waals surface area contributed by atoms with Crippen molar-refractivity contribution in [3.8, 4) is 0 Å². The van der Waals surface area contributed by atoms with Gasteiger partial charge in [-0.05, 0) is 44.5 Å². The van der Waals surface area contributed by atoms with Gasteiger partial charge in [-0.1, -0.05) is 6.07 Å². The molecular weight excluding hydrogens is 252 g/mol. The van der Waals surface area contributed by atoms with Crippen LogP contribution in [-0.4, -0.2) is 42.0 Å². The van der Waals surface area contributed by atoms with Crippen LogP contribution < -0.4 is 11.1 Å². The van der Waals surface area contributed by atoms with Crippen LogP contribution in [0.15, 0.2) is 24.5 Å². The molecule has 2 rings (SSSR count). The summed E-state index contributed by atoms with van der Waals surface area (Å²) in [4.78, 5) is 18.3. The third kappa shape index (κ3) is 3.35. The summed E-state index contributed by atoms with van der Waals surface area (Å²) in [7, 11) is 1.70. The number of hydrogen-bond acceptors (Lipinski definition) is 4. The Bertz CT molecular complexity index is 427. The summed E-state index contributed by atoms with van der Waals surface area (Å²) in [5.74, 6) is 0.294. The molecule has 5 heteroatoms. The number of nitrogens with zero attached hydrogens (tertiary/aromatic N) is 2. The van der Waals surface area contributed by atoms with Gasteiger partial charge in [0.2, 0.25) is 5.91 Å². The van der Waals surface area contributed by atoms with E-state index in [1.54, 1.807) is 13.2 Å². The summed E-state index contributed by atoms with van der Waals surface area (Å²) in [6, 6.07) is 4.23. The number of likely N-dealkylation sites (tertiary alicyclic amines) is 1. The van der Waals surface area contributed by atoms with Gasteiger partial charge < -0.3 is 11.1 Å². The number of rotatable bonds is 4. The largest absolute Gasteiger partial charge is 0.359 e. The highest BCUT2D eigenvalue weighted by molar-refractivity contribution is 5.78. The Labute approximate surface area is 120 Å². The molecule has 2 atom stereocenters. The van der Waals surface area contributed by atoms with Crippen LogP contribution in [0, 0.1) is 5.92 Å².